The van der Waals surface area contributed by atoms with E-state index in [1.165, 1.54) is 13.4 Å². The van der Waals surface area contributed by atoms with Crippen molar-refractivity contribution < 1.29 is 14.3 Å². The summed E-state index contributed by atoms with van der Waals surface area (Å²) in [7, 11) is 2.90. The van der Waals surface area contributed by atoms with Gasteiger partial charge < -0.3 is 14.5 Å². The first-order valence-corrected chi connectivity index (χ1v) is 3.74. The molecule has 13 heavy (non-hydrogen) atoms. The number of rotatable bonds is 3. The molecule has 4 heteroatoms. The van der Waals surface area contributed by atoms with Crippen LogP contribution in [-0.2, 0) is 9.47 Å². The van der Waals surface area contributed by atoms with Crippen LogP contribution in [0, 0.1) is 0 Å². The molecule has 1 heterocycles. The number of hydrogen-bond donors (Lipinski definition) is 1. The van der Waals surface area contributed by atoms with Gasteiger partial charge in [-0.05, 0) is 17.7 Å². The monoisotopic (exact) mass is 181 g/mol. The van der Waals surface area contributed by atoms with Gasteiger partial charge in [-0.15, -0.1) is 0 Å². The smallest absolute Gasteiger partial charge is 0.354 e. The predicted octanol–water partition coefficient (Wildman–Crippen LogP) is 1.42. The summed E-state index contributed by atoms with van der Waals surface area (Å²) in [5, 5.41) is 0. The van der Waals surface area contributed by atoms with E-state index in [1.807, 2.05) is 0 Å². The molecule has 0 amide bonds. The van der Waals surface area contributed by atoms with Crippen LogP contribution in [0.15, 0.2) is 18.5 Å². The van der Waals surface area contributed by atoms with Gasteiger partial charge in [-0.2, -0.15) is 0 Å². The molecule has 0 aromatic carbocycles. The van der Waals surface area contributed by atoms with E-state index >= 15 is 0 Å². The molecule has 0 spiro atoms. The highest BCUT2D eigenvalue weighted by Gasteiger charge is 2.06. The minimum absolute atomic E-state index is 0.378. The minimum Gasteiger partial charge on any atom is -0.504 e. The summed E-state index contributed by atoms with van der Waals surface area (Å²) in [5.41, 5.74) is 1.29. The first-order chi connectivity index (χ1) is 6.27. The molecule has 4 nitrogen and oxygen atoms in total. The van der Waals surface area contributed by atoms with Crippen LogP contribution in [-0.4, -0.2) is 25.2 Å². The van der Waals surface area contributed by atoms with E-state index in [-0.39, 0.29) is 5.97 Å². The van der Waals surface area contributed by atoms with Gasteiger partial charge in [-0.25, -0.2) is 4.79 Å². The number of aromatic amines is 1. The molecule has 0 fully saturated rings. The van der Waals surface area contributed by atoms with Crippen molar-refractivity contribution in [3.63, 3.8) is 0 Å². The van der Waals surface area contributed by atoms with Gasteiger partial charge in [0.25, 0.3) is 0 Å². The van der Waals surface area contributed by atoms with Crippen LogP contribution in [0.25, 0.3) is 6.08 Å². The fourth-order valence-corrected chi connectivity index (χ4v) is 0.882. The molecule has 0 radical (unpaired) electrons. The predicted molar refractivity (Wildman–Crippen MR) is 48.2 cm³/mol. The Morgan fingerprint density at radius 2 is 2.31 bits per heavy atom. The molecular formula is C9H11NO3. The number of H-pyrrole nitrogens is 1. The standard InChI is InChI=1S/C9H11NO3/c1-12-4-3-7-5-8(10-6-7)9(11)13-2/h3-6,10H,1-2H3. The van der Waals surface area contributed by atoms with Crippen LogP contribution in [0.4, 0.5) is 0 Å². The quantitative estimate of drug-likeness (QED) is 0.566. The topological polar surface area (TPSA) is 51.3 Å². The van der Waals surface area contributed by atoms with Gasteiger partial charge >= 0.3 is 5.97 Å². The molecule has 0 atom stereocenters. The first-order valence-electron chi connectivity index (χ1n) is 3.74. The van der Waals surface area contributed by atoms with Crippen LogP contribution in [0.1, 0.15) is 16.1 Å². The number of ether oxygens (including phenoxy) is 2. The lowest BCUT2D eigenvalue weighted by Crippen LogP contribution is -2.00. The van der Waals surface area contributed by atoms with Gasteiger partial charge in [0.15, 0.2) is 0 Å². The molecule has 0 saturated carbocycles. The Bertz CT molecular complexity index is 314. The van der Waals surface area contributed by atoms with Gasteiger partial charge in [-0.3, -0.25) is 0 Å². The zero-order valence-corrected chi connectivity index (χ0v) is 7.53. The molecule has 0 aliphatic heterocycles. The molecule has 0 bridgehead atoms. The highest BCUT2D eigenvalue weighted by Crippen LogP contribution is 2.06. The van der Waals surface area contributed by atoms with Gasteiger partial charge in [0.1, 0.15) is 5.69 Å². The number of hydrogen-bond acceptors (Lipinski definition) is 3. The highest BCUT2D eigenvalue weighted by molar-refractivity contribution is 5.88. The van der Waals surface area contributed by atoms with Crippen molar-refractivity contribution in [3.8, 4) is 0 Å². The van der Waals surface area contributed by atoms with Crippen molar-refractivity contribution in [2.75, 3.05) is 14.2 Å². The average molecular weight is 181 g/mol. The number of carbonyl (C=O) groups excluding carboxylic acids is 1. The van der Waals surface area contributed by atoms with Gasteiger partial charge in [0.05, 0.1) is 20.5 Å². The molecule has 0 unspecified atom stereocenters. The second kappa shape index (κ2) is 4.35. The van der Waals surface area contributed by atoms with Crippen molar-refractivity contribution in [2.24, 2.45) is 0 Å². The van der Waals surface area contributed by atoms with E-state index in [4.69, 9.17) is 4.74 Å². The molecule has 1 aromatic heterocycles. The third kappa shape index (κ3) is 2.37. The number of carbonyl (C=O) groups is 1. The lowest BCUT2D eigenvalue weighted by molar-refractivity contribution is 0.0595. The van der Waals surface area contributed by atoms with Crippen molar-refractivity contribution >= 4 is 12.0 Å². The van der Waals surface area contributed by atoms with E-state index in [1.54, 1.807) is 25.4 Å². The fraction of sp³-hybridized carbons (Fsp3) is 0.222. The highest BCUT2D eigenvalue weighted by atomic mass is 16.5. The third-order valence-electron chi connectivity index (χ3n) is 1.51. The van der Waals surface area contributed by atoms with E-state index in [0.29, 0.717) is 5.69 Å². The van der Waals surface area contributed by atoms with Crippen molar-refractivity contribution in [1.82, 2.24) is 4.98 Å². The van der Waals surface area contributed by atoms with Crippen molar-refractivity contribution in [1.29, 1.82) is 0 Å². The average Bonchev–Trinajstić information content (AvgIpc) is 2.62. The third-order valence-corrected chi connectivity index (χ3v) is 1.51. The number of aromatic nitrogens is 1. The summed E-state index contributed by atoms with van der Waals surface area (Å²) in [6, 6.07) is 1.68. The first kappa shape index (κ1) is 9.38. The summed E-state index contributed by atoms with van der Waals surface area (Å²) < 4.78 is 9.26. The fourth-order valence-electron chi connectivity index (χ4n) is 0.882. The van der Waals surface area contributed by atoms with Crippen LogP contribution in [0.3, 0.4) is 0 Å². The van der Waals surface area contributed by atoms with Crippen LogP contribution < -0.4 is 0 Å². The van der Waals surface area contributed by atoms with Crippen LogP contribution in [0.5, 0.6) is 0 Å². The molecule has 1 aromatic rings. The second-order valence-electron chi connectivity index (χ2n) is 2.38. The Morgan fingerprint density at radius 3 is 2.92 bits per heavy atom. The maximum Gasteiger partial charge on any atom is 0.354 e. The SMILES string of the molecule is COC=Cc1c[nH]c(C(=O)OC)c1. The van der Waals surface area contributed by atoms with Crippen LogP contribution in [0.2, 0.25) is 0 Å². The van der Waals surface area contributed by atoms with Crippen LogP contribution >= 0.6 is 0 Å². The number of methoxy groups -OCH3 is 2. The van der Waals surface area contributed by atoms with Crippen molar-refractivity contribution in [2.45, 2.75) is 0 Å². The van der Waals surface area contributed by atoms with E-state index in [0.717, 1.165) is 5.56 Å². The maximum atomic E-state index is 11.0. The molecule has 1 rings (SSSR count). The zero-order chi connectivity index (χ0) is 9.68. The normalized spacial score (nSPS) is 10.3. The molecule has 0 aliphatic rings. The minimum atomic E-state index is -0.378. The Hall–Kier alpha value is -1.71. The molecule has 0 aliphatic carbocycles. The summed E-state index contributed by atoms with van der Waals surface area (Å²) in [4.78, 5) is 13.8. The van der Waals surface area contributed by atoms with Crippen molar-refractivity contribution in [3.05, 3.63) is 29.8 Å². The Balaban J connectivity index is 2.74. The van der Waals surface area contributed by atoms with E-state index in [2.05, 4.69) is 9.72 Å². The molecule has 0 saturated heterocycles. The molecular weight excluding hydrogens is 170 g/mol. The molecule has 70 valence electrons. The Kier molecular flexibility index (Phi) is 3.14. The van der Waals surface area contributed by atoms with E-state index < -0.39 is 0 Å². The largest absolute Gasteiger partial charge is 0.504 e. The number of esters is 1. The van der Waals surface area contributed by atoms with Gasteiger partial charge in [-0.1, -0.05) is 0 Å². The number of nitrogens with one attached hydrogen (secondary N) is 1. The Morgan fingerprint density at radius 1 is 1.54 bits per heavy atom. The maximum absolute atomic E-state index is 11.0. The van der Waals surface area contributed by atoms with E-state index in [9.17, 15) is 4.79 Å². The van der Waals surface area contributed by atoms with Gasteiger partial charge in [0, 0.05) is 6.20 Å². The summed E-state index contributed by atoms with van der Waals surface area (Å²) in [5.74, 6) is -0.378. The lowest BCUT2D eigenvalue weighted by Gasteiger charge is -1.91. The summed E-state index contributed by atoms with van der Waals surface area (Å²) >= 11 is 0. The second-order valence-corrected chi connectivity index (χ2v) is 2.38. The zero-order valence-electron chi connectivity index (χ0n) is 7.53. The Labute approximate surface area is 76.2 Å². The molecule has 1 N–H and O–H groups in total. The summed E-state index contributed by atoms with van der Waals surface area (Å²) in [6.45, 7) is 0. The van der Waals surface area contributed by atoms with Gasteiger partial charge in [0.2, 0.25) is 0 Å². The summed E-state index contributed by atoms with van der Waals surface area (Å²) in [6.07, 6.45) is 4.97. The lowest BCUT2D eigenvalue weighted by atomic mass is 10.3.